The van der Waals surface area contributed by atoms with E-state index in [1.165, 1.54) is 6.07 Å². The Morgan fingerprint density at radius 2 is 2.08 bits per heavy atom. The van der Waals surface area contributed by atoms with Gasteiger partial charge in [-0.3, -0.25) is 5.43 Å². The first-order valence-electron chi connectivity index (χ1n) is 6.90. The van der Waals surface area contributed by atoms with Crippen molar-refractivity contribution in [2.45, 2.75) is 18.2 Å². The number of esters is 2. The van der Waals surface area contributed by atoms with Crippen molar-refractivity contribution < 1.29 is 27.5 Å². The zero-order chi connectivity index (χ0) is 19.0. The van der Waals surface area contributed by atoms with Crippen LogP contribution in [-0.4, -0.2) is 39.8 Å². The standard InChI is InChI=1S/C14H16N4O6S/c1-3-6-24-14(20)11(8-15)18-17-9-4-5-10(13(19)23-2)12(7-9)25(16,21)22/h4-5,7,17H,3,6H2,1-2H3,(H2,16,21,22)/b18-11+. The van der Waals surface area contributed by atoms with Gasteiger partial charge in [0.1, 0.15) is 6.07 Å². The van der Waals surface area contributed by atoms with Gasteiger partial charge in [-0.15, -0.1) is 0 Å². The van der Waals surface area contributed by atoms with E-state index in [9.17, 15) is 18.0 Å². The van der Waals surface area contributed by atoms with Crippen LogP contribution >= 0.6 is 0 Å². The van der Waals surface area contributed by atoms with Gasteiger partial charge in [-0.1, -0.05) is 6.92 Å². The molecule has 0 heterocycles. The molecule has 0 saturated heterocycles. The molecule has 10 nitrogen and oxygen atoms in total. The largest absolute Gasteiger partial charge is 0.465 e. The third-order valence-corrected chi connectivity index (χ3v) is 3.68. The molecule has 1 aromatic carbocycles. The van der Waals surface area contributed by atoms with E-state index in [1.807, 2.05) is 0 Å². The first-order valence-corrected chi connectivity index (χ1v) is 8.45. The summed E-state index contributed by atoms with van der Waals surface area (Å²) >= 11 is 0. The first kappa shape index (κ1) is 20.1. The summed E-state index contributed by atoms with van der Waals surface area (Å²) in [6.07, 6.45) is 0.574. The Morgan fingerprint density at radius 3 is 2.60 bits per heavy atom. The summed E-state index contributed by atoms with van der Waals surface area (Å²) in [5, 5.41) is 17.5. The lowest BCUT2D eigenvalue weighted by molar-refractivity contribution is -0.135. The summed E-state index contributed by atoms with van der Waals surface area (Å²) in [6, 6.07) is 5.05. The minimum atomic E-state index is -4.23. The predicted molar refractivity (Wildman–Crippen MR) is 87.1 cm³/mol. The van der Waals surface area contributed by atoms with Crippen LogP contribution in [0.25, 0.3) is 0 Å². The highest BCUT2D eigenvalue weighted by molar-refractivity contribution is 7.89. The molecule has 0 aliphatic rings. The number of anilines is 1. The summed E-state index contributed by atoms with van der Waals surface area (Å²) in [4.78, 5) is 22.7. The Kier molecular flexibility index (Phi) is 7.04. The minimum absolute atomic E-state index is 0.0766. The number of hydrogen-bond donors (Lipinski definition) is 2. The number of nitrogens with two attached hydrogens (primary N) is 1. The van der Waals surface area contributed by atoms with Crippen molar-refractivity contribution in [2.24, 2.45) is 10.2 Å². The molecule has 25 heavy (non-hydrogen) atoms. The maximum Gasteiger partial charge on any atom is 0.369 e. The monoisotopic (exact) mass is 368 g/mol. The van der Waals surface area contributed by atoms with Gasteiger partial charge >= 0.3 is 11.9 Å². The highest BCUT2D eigenvalue weighted by atomic mass is 32.2. The van der Waals surface area contributed by atoms with Crippen LogP contribution in [0.4, 0.5) is 5.69 Å². The number of nitrogens with one attached hydrogen (secondary N) is 1. The normalized spacial score (nSPS) is 11.4. The molecule has 0 fully saturated rings. The number of nitrogens with zero attached hydrogens (tertiary/aromatic N) is 2. The third kappa shape index (κ3) is 5.55. The van der Waals surface area contributed by atoms with E-state index in [4.69, 9.17) is 15.1 Å². The fourth-order valence-corrected chi connectivity index (χ4v) is 2.35. The second kappa shape index (κ2) is 8.76. The number of hydrazone groups is 1. The first-order chi connectivity index (χ1) is 11.7. The van der Waals surface area contributed by atoms with Crippen molar-refractivity contribution in [1.82, 2.24) is 0 Å². The highest BCUT2D eigenvalue weighted by Gasteiger charge is 2.21. The summed E-state index contributed by atoms with van der Waals surface area (Å²) in [5.41, 5.74) is 1.60. The summed E-state index contributed by atoms with van der Waals surface area (Å²) in [6.45, 7) is 1.91. The number of nitriles is 1. The predicted octanol–water partition coefficient (Wildman–Crippen LogP) is 0.365. The van der Waals surface area contributed by atoms with Crippen LogP contribution in [0, 0.1) is 11.3 Å². The van der Waals surface area contributed by atoms with E-state index in [-0.39, 0.29) is 17.9 Å². The number of carbonyl (C=O) groups excluding carboxylic acids is 2. The molecule has 11 heteroatoms. The van der Waals surface area contributed by atoms with Crippen molar-refractivity contribution in [2.75, 3.05) is 19.1 Å². The SMILES string of the molecule is CCCOC(=O)/C(C#N)=N/Nc1ccc(C(=O)OC)c(S(N)(=O)=O)c1. The zero-order valence-electron chi connectivity index (χ0n) is 13.5. The molecule has 1 aromatic rings. The molecular formula is C14H16N4O6S. The van der Waals surface area contributed by atoms with Gasteiger partial charge in [0.25, 0.3) is 0 Å². The number of hydrogen-bond acceptors (Lipinski definition) is 9. The number of benzene rings is 1. The van der Waals surface area contributed by atoms with E-state index in [0.29, 0.717) is 6.42 Å². The smallest absolute Gasteiger partial charge is 0.369 e. The molecule has 0 aliphatic heterocycles. The van der Waals surface area contributed by atoms with Gasteiger partial charge in [0.2, 0.25) is 15.7 Å². The van der Waals surface area contributed by atoms with Crippen molar-refractivity contribution in [3.63, 3.8) is 0 Å². The molecule has 0 unspecified atom stereocenters. The van der Waals surface area contributed by atoms with Crippen LogP contribution in [0.1, 0.15) is 23.7 Å². The van der Waals surface area contributed by atoms with Gasteiger partial charge in [0, 0.05) is 0 Å². The minimum Gasteiger partial charge on any atom is -0.465 e. The Hall–Kier alpha value is -2.97. The van der Waals surface area contributed by atoms with Crippen molar-refractivity contribution in [3.8, 4) is 6.07 Å². The fraction of sp³-hybridized carbons (Fsp3) is 0.286. The number of sulfonamides is 1. The quantitative estimate of drug-likeness (QED) is 0.396. The van der Waals surface area contributed by atoms with Crippen LogP contribution in [0.15, 0.2) is 28.2 Å². The van der Waals surface area contributed by atoms with Crippen LogP contribution < -0.4 is 10.6 Å². The number of primary sulfonamides is 1. The lowest BCUT2D eigenvalue weighted by Gasteiger charge is -2.08. The third-order valence-electron chi connectivity index (χ3n) is 2.73. The topological polar surface area (TPSA) is 161 Å². The van der Waals surface area contributed by atoms with Gasteiger partial charge in [-0.25, -0.2) is 23.1 Å². The molecule has 134 valence electrons. The molecular weight excluding hydrogens is 352 g/mol. The molecule has 0 saturated carbocycles. The zero-order valence-corrected chi connectivity index (χ0v) is 14.3. The number of methoxy groups -OCH3 is 1. The lowest BCUT2D eigenvalue weighted by atomic mass is 10.2. The van der Waals surface area contributed by atoms with Crippen LogP contribution in [-0.2, 0) is 24.3 Å². The molecule has 0 bridgehead atoms. The maximum absolute atomic E-state index is 11.6. The van der Waals surface area contributed by atoms with Crippen LogP contribution in [0.3, 0.4) is 0 Å². The van der Waals surface area contributed by atoms with E-state index >= 15 is 0 Å². The van der Waals surface area contributed by atoms with E-state index in [0.717, 1.165) is 19.2 Å². The lowest BCUT2D eigenvalue weighted by Crippen LogP contribution is -2.19. The number of carbonyl (C=O) groups is 2. The van der Waals surface area contributed by atoms with Gasteiger partial charge in [0.05, 0.1) is 29.9 Å². The molecule has 0 aromatic heterocycles. The van der Waals surface area contributed by atoms with E-state index in [2.05, 4.69) is 15.3 Å². The Morgan fingerprint density at radius 1 is 1.40 bits per heavy atom. The average Bonchev–Trinajstić information content (AvgIpc) is 2.58. The molecule has 0 atom stereocenters. The second-order valence-electron chi connectivity index (χ2n) is 4.57. The van der Waals surface area contributed by atoms with E-state index < -0.39 is 32.6 Å². The average molecular weight is 368 g/mol. The van der Waals surface area contributed by atoms with Crippen LogP contribution in [0.5, 0.6) is 0 Å². The second-order valence-corrected chi connectivity index (χ2v) is 6.10. The molecule has 0 radical (unpaired) electrons. The van der Waals surface area contributed by atoms with E-state index in [1.54, 1.807) is 13.0 Å². The molecule has 0 amide bonds. The number of ether oxygens (including phenoxy) is 2. The molecule has 0 aliphatic carbocycles. The van der Waals surface area contributed by atoms with Gasteiger partial charge in [-0.2, -0.15) is 10.4 Å². The van der Waals surface area contributed by atoms with Crippen molar-refractivity contribution in [3.05, 3.63) is 23.8 Å². The van der Waals surface area contributed by atoms with Crippen molar-refractivity contribution >= 4 is 33.4 Å². The fourth-order valence-electron chi connectivity index (χ4n) is 1.61. The summed E-state index contributed by atoms with van der Waals surface area (Å²) in [5.74, 6) is -1.81. The molecule has 0 spiro atoms. The highest BCUT2D eigenvalue weighted by Crippen LogP contribution is 2.20. The van der Waals surface area contributed by atoms with Gasteiger partial charge in [0.15, 0.2) is 0 Å². The van der Waals surface area contributed by atoms with Gasteiger partial charge < -0.3 is 9.47 Å². The Balaban J connectivity index is 3.15. The Bertz CT molecular complexity index is 841. The molecule has 3 N–H and O–H groups in total. The molecule has 1 rings (SSSR count). The van der Waals surface area contributed by atoms with Crippen molar-refractivity contribution in [1.29, 1.82) is 5.26 Å². The summed E-state index contributed by atoms with van der Waals surface area (Å²) < 4.78 is 32.5. The van der Waals surface area contributed by atoms with Crippen LogP contribution in [0.2, 0.25) is 0 Å². The Labute approximate surface area is 144 Å². The maximum atomic E-state index is 11.6. The van der Waals surface area contributed by atoms with Gasteiger partial charge in [-0.05, 0) is 24.6 Å². The summed E-state index contributed by atoms with van der Waals surface area (Å²) in [7, 11) is -3.14. The number of rotatable bonds is 7.